The average Bonchev–Trinajstić information content (AvgIpc) is 3.33. The summed E-state index contributed by atoms with van der Waals surface area (Å²) in [4.78, 5) is 21.3. The predicted molar refractivity (Wildman–Crippen MR) is 100 cm³/mol. The van der Waals surface area contributed by atoms with Gasteiger partial charge < -0.3 is 5.32 Å². The first kappa shape index (κ1) is 16.9. The van der Waals surface area contributed by atoms with Gasteiger partial charge in [0.2, 0.25) is 0 Å². The maximum Gasteiger partial charge on any atom is 0.270 e. The van der Waals surface area contributed by atoms with Crippen molar-refractivity contribution < 1.29 is 4.79 Å². The van der Waals surface area contributed by atoms with Crippen molar-refractivity contribution in [1.29, 1.82) is 0 Å². The van der Waals surface area contributed by atoms with Gasteiger partial charge >= 0.3 is 0 Å². The number of rotatable bonds is 6. The third-order valence-corrected chi connectivity index (χ3v) is 4.18. The SMILES string of the molecule is Cc1ccn(CCCNC(=O)c2cc(-c3ccccc3)nc3ncnn23)n1. The molecule has 27 heavy (non-hydrogen) atoms. The molecule has 0 saturated heterocycles. The number of carbonyl (C=O) groups excluding carboxylic acids is 1. The van der Waals surface area contributed by atoms with Crippen molar-refractivity contribution in [3.05, 3.63) is 66.4 Å². The fourth-order valence-corrected chi connectivity index (χ4v) is 2.85. The molecule has 1 N–H and O–H groups in total. The third-order valence-electron chi connectivity index (χ3n) is 4.18. The van der Waals surface area contributed by atoms with Crippen molar-refractivity contribution in [2.75, 3.05) is 6.54 Å². The van der Waals surface area contributed by atoms with E-state index in [4.69, 9.17) is 0 Å². The van der Waals surface area contributed by atoms with Crippen LogP contribution >= 0.6 is 0 Å². The molecule has 4 rings (SSSR count). The van der Waals surface area contributed by atoms with Gasteiger partial charge in [0.05, 0.1) is 11.4 Å². The minimum Gasteiger partial charge on any atom is -0.351 e. The second kappa shape index (κ2) is 7.36. The van der Waals surface area contributed by atoms with Crippen molar-refractivity contribution in [2.24, 2.45) is 0 Å². The van der Waals surface area contributed by atoms with Crippen LogP contribution in [0.25, 0.3) is 17.0 Å². The van der Waals surface area contributed by atoms with Crippen LogP contribution in [0.4, 0.5) is 0 Å². The summed E-state index contributed by atoms with van der Waals surface area (Å²) in [5.74, 6) is 0.190. The molecule has 8 heteroatoms. The molecule has 0 saturated carbocycles. The number of hydrogen-bond donors (Lipinski definition) is 1. The summed E-state index contributed by atoms with van der Waals surface area (Å²) in [6, 6.07) is 13.4. The predicted octanol–water partition coefficient (Wildman–Crippen LogP) is 2.12. The smallest absolute Gasteiger partial charge is 0.270 e. The summed E-state index contributed by atoms with van der Waals surface area (Å²) in [6.07, 6.45) is 4.11. The number of benzene rings is 1. The van der Waals surface area contributed by atoms with Gasteiger partial charge in [-0.2, -0.15) is 19.7 Å². The van der Waals surface area contributed by atoms with Gasteiger partial charge in [-0.05, 0) is 25.5 Å². The summed E-state index contributed by atoms with van der Waals surface area (Å²) in [6.45, 7) is 3.24. The molecule has 8 nitrogen and oxygen atoms in total. The molecule has 0 aliphatic heterocycles. The number of nitrogens with zero attached hydrogens (tertiary/aromatic N) is 6. The van der Waals surface area contributed by atoms with E-state index in [1.54, 1.807) is 6.07 Å². The zero-order chi connectivity index (χ0) is 18.6. The van der Waals surface area contributed by atoms with Crippen molar-refractivity contribution in [2.45, 2.75) is 19.9 Å². The van der Waals surface area contributed by atoms with Crippen LogP contribution in [-0.2, 0) is 6.54 Å². The summed E-state index contributed by atoms with van der Waals surface area (Å²) < 4.78 is 3.33. The van der Waals surface area contributed by atoms with Crippen LogP contribution in [0.3, 0.4) is 0 Å². The van der Waals surface area contributed by atoms with E-state index in [2.05, 4.69) is 25.5 Å². The van der Waals surface area contributed by atoms with E-state index >= 15 is 0 Å². The number of nitrogens with one attached hydrogen (secondary N) is 1. The molecule has 0 fully saturated rings. The monoisotopic (exact) mass is 361 g/mol. The van der Waals surface area contributed by atoms with Gasteiger partial charge in [-0.1, -0.05) is 30.3 Å². The lowest BCUT2D eigenvalue weighted by Crippen LogP contribution is -2.27. The Morgan fingerprint density at radius 1 is 1.19 bits per heavy atom. The molecular formula is C19H19N7O. The molecular weight excluding hydrogens is 342 g/mol. The zero-order valence-corrected chi connectivity index (χ0v) is 14.9. The van der Waals surface area contributed by atoms with Gasteiger partial charge in [-0.3, -0.25) is 9.48 Å². The van der Waals surface area contributed by atoms with E-state index in [1.807, 2.05) is 54.2 Å². The number of aromatic nitrogens is 6. The molecule has 3 heterocycles. The van der Waals surface area contributed by atoms with Crippen molar-refractivity contribution in [3.63, 3.8) is 0 Å². The Labute approximate surface area is 155 Å². The van der Waals surface area contributed by atoms with Crippen molar-refractivity contribution >= 4 is 11.7 Å². The molecule has 0 aliphatic carbocycles. The number of aryl methyl sites for hydroxylation is 2. The molecule has 0 spiro atoms. The highest BCUT2D eigenvalue weighted by Gasteiger charge is 2.15. The molecule has 0 atom stereocenters. The minimum atomic E-state index is -0.207. The first-order valence-corrected chi connectivity index (χ1v) is 8.75. The van der Waals surface area contributed by atoms with E-state index in [-0.39, 0.29) is 5.91 Å². The number of amides is 1. The highest BCUT2D eigenvalue weighted by molar-refractivity contribution is 5.94. The van der Waals surface area contributed by atoms with Crippen LogP contribution in [0.5, 0.6) is 0 Å². The Morgan fingerprint density at radius 2 is 2.04 bits per heavy atom. The second-order valence-corrected chi connectivity index (χ2v) is 6.19. The molecule has 1 amide bonds. The number of fused-ring (bicyclic) bond motifs is 1. The van der Waals surface area contributed by atoms with Crippen LogP contribution in [0.2, 0.25) is 0 Å². The molecule has 1 aromatic carbocycles. The Kier molecular flexibility index (Phi) is 4.61. The van der Waals surface area contributed by atoms with E-state index in [0.29, 0.717) is 23.7 Å². The zero-order valence-electron chi connectivity index (χ0n) is 14.9. The van der Waals surface area contributed by atoms with Gasteiger partial charge in [0, 0.05) is 24.8 Å². The van der Waals surface area contributed by atoms with Crippen molar-refractivity contribution in [3.8, 4) is 11.3 Å². The lowest BCUT2D eigenvalue weighted by atomic mass is 10.1. The van der Waals surface area contributed by atoms with Gasteiger partial charge in [0.1, 0.15) is 12.0 Å². The summed E-state index contributed by atoms with van der Waals surface area (Å²) in [5.41, 5.74) is 3.00. The van der Waals surface area contributed by atoms with E-state index in [9.17, 15) is 4.79 Å². The van der Waals surface area contributed by atoms with E-state index < -0.39 is 0 Å². The van der Waals surface area contributed by atoms with Gasteiger partial charge in [0.15, 0.2) is 0 Å². The second-order valence-electron chi connectivity index (χ2n) is 6.19. The third kappa shape index (κ3) is 3.69. The highest BCUT2D eigenvalue weighted by atomic mass is 16.2. The summed E-state index contributed by atoms with van der Waals surface area (Å²) in [7, 11) is 0. The number of carbonyl (C=O) groups is 1. The quantitative estimate of drug-likeness (QED) is 0.531. The molecule has 0 unspecified atom stereocenters. The molecule has 0 aliphatic rings. The maximum atomic E-state index is 12.7. The maximum absolute atomic E-state index is 12.7. The largest absolute Gasteiger partial charge is 0.351 e. The molecule has 0 radical (unpaired) electrons. The van der Waals surface area contributed by atoms with Crippen LogP contribution in [0.15, 0.2) is 55.0 Å². The Bertz CT molecular complexity index is 1070. The molecule has 0 bridgehead atoms. The summed E-state index contributed by atoms with van der Waals surface area (Å²) >= 11 is 0. The van der Waals surface area contributed by atoms with Gasteiger partial charge in [-0.15, -0.1) is 0 Å². The normalized spacial score (nSPS) is 11.0. The lowest BCUT2D eigenvalue weighted by molar-refractivity contribution is 0.0945. The van der Waals surface area contributed by atoms with E-state index in [1.165, 1.54) is 10.8 Å². The van der Waals surface area contributed by atoms with Crippen LogP contribution in [-0.4, -0.2) is 41.8 Å². The van der Waals surface area contributed by atoms with Crippen LogP contribution in [0, 0.1) is 6.92 Å². The Hall–Kier alpha value is -3.55. The molecule has 3 aromatic heterocycles. The minimum absolute atomic E-state index is 0.207. The lowest BCUT2D eigenvalue weighted by Gasteiger charge is -2.09. The fourth-order valence-electron chi connectivity index (χ4n) is 2.85. The first-order valence-electron chi connectivity index (χ1n) is 8.75. The molecule has 4 aromatic rings. The van der Waals surface area contributed by atoms with Gasteiger partial charge in [0.25, 0.3) is 11.7 Å². The molecule has 136 valence electrons. The van der Waals surface area contributed by atoms with Gasteiger partial charge in [-0.25, -0.2) is 4.98 Å². The highest BCUT2D eigenvalue weighted by Crippen LogP contribution is 2.18. The Balaban J connectivity index is 1.50. The van der Waals surface area contributed by atoms with Crippen LogP contribution in [0.1, 0.15) is 22.6 Å². The topological polar surface area (TPSA) is 90.0 Å². The number of hydrogen-bond acceptors (Lipinski definition) is 5. The Morgan fingerprint density at radius 3 is 2.81 bits per heavy atom. The summed E-state index contributed by atoms with van der Waals surface area (Å²) in [5, 5.41) is 11.4. The first-order chi connectivity index (χ1) is 13.2. The average molecular weight is 361 g/mol. The van der Waals surface area contributed by atoms with Crippen molar-refractivity contribution in [1.82, 2.24) is 34.7 Å². The fraction of sp³-hybridized carbons (Fsp3) is 0.211. The van der Waals surface area contributed by atoms with Crippen LogP contribution < -0.4 is 5.32 Å². The van der Waals surface area contributed by atoms with E-state index in [0.717, 1.165) is 24.2 Å². The standard InChI is InChI=1S/C19H19N7O/c1-14-8-11-25(24-14)10-5-9-20-18(27)17-12-16(15-6-3-2-4-7-15)23-19-21-13-22-26(17)19/h2-4,6-8,11-13H,5,9-10H2,1H3,(H,20,27).